The molecular weight excluding hydrogens is 427 g/mol. The molecule has 1 unspecified atom stereocenters. The van der Waals surface area contributed by atoms with E-state index in [-0.39, 0.29) is 11.1 Å². The van der Waals surface area contributed by atoms with Crippen molar-refractivity contribution >= 4 is 11.9 Å². The fourth-order valence-corrected chi connectivity index (χ4v) is 1.63. The van der Waals surface area contributed by atoms with Gasteiger partial charge in [-0.2, -0.15) is 39.5 Å². The molecule has 1 atom stereocenters. The van der Waals surface area contributed by atoms with Crippen molar-refractivity contribution in [2.75, 3.05) is 6.61 Å². The molecule has 0 aromatic rings. The highest BCUT2D eigenvalue weighted by atomic mass is 19.4. The van der Waals surface area contributed by atoms with Crippen LogP contribution >= 0.6 is 0 Å². The first-order valence-corrected chi connectivity index (χ1v) is 7.67. The molecule has 13 heteroatoms. The minimum Gasteiger partial charge on any atom is -0.458 e. The molecule has 0 saturated carbocycles. The molecule has 0 N–H and O–H groups in total. The highest BCUT2D eigenvalue weighted by Gasteiger charge is 2.81. The zero-order valence-corrected chi connectivity index (χ0v) is 15.1. The Labute approximate surface area is 159 Å². The van der Waals surface area contributed by atoms with Crippen LogP contribution in [0.25, 0.3) is 0 Å². The SMILES string of the molecule is C=C(C)C(=O)OCC(CCC(F)(F)C(F)(F)C(F)(F)C(F)(F)F)OC(=O)C(=C)C. The van der Waals surface area contributed by atoms with Crippen molar-refractivity contribution in [2.45, 2.75) is 56.7 Å². The number of carbonyl (C=O) groups is 2. The summed E-state index contributed by atoms with van der Waals surface area (Å²) in [6.07, 6.45) is -12.4. The molecule has 0 aromatic carbocycles. The fourth-order valence-electron chi connectivity index (χ4n) is 1.63. The molecule has 0 heterocycles. The number of hydrogen-bond acceptors (Lipinski definition) is 4. The summed E-state index contributed by atoms with van der Waals surface area (Å²) in [5.41, 5.74) is -0.446. The Balaban J connectivity index is 5.46. The van der Waals surface area contributed by atoms with Gasteiger partial charge in [0.2, 0.25) is 0 Å². The van der Waals surface area contributed by atoms with E-state index in [1.165, 1.54) is 6.92 Å². The van der Waals surface area contributed by atoms with Crippen LogP contribution in [0.15, 0.2) is 24.3 Å². The first kappa shape index (κ1) is 26.8. The first-order chi connectivity index (χ1) is 12.8. The lowest BCUT2D eigenvalue weighted by Gasteiger charge is -2.34. The van der Waals surface area contributed by atoms with Crippen molar-refractivity contribution in [1.82, 2.24) is 0 Å². The van der Waals surface area contributed by atoms with E-state index in [1.54, 1.807) is 0 Å². The zero-order valence-electron chi connectivity index (χ0n) is 15.1. The van der Waals surface area contributed by atoms with Gasteiger partial charge in [0, 0.05) is 17.6 Å². The topological polar surface area (TPSA) is 52.6 Å². The van der Waals surface area contributed by atoms with Crippen molar-refractivity contribution < 1.29 is 58.6 Å². The molecule has 0 saturated heterocycles. The third-order valence-corrected chi connectivity index (χ3v) is 3.36. The molecule has 0 aliphatic rings. The van der Waals surface area contributed by atoms with Gasteiger partial charge in [-0.25, -0.2) is 9.59 Å². The monoisotopic (exact) mass is 444 g/mol. The van der Waals surface area contributed by atoms with Gasteiger partial charge in [0.05, 0.1) is 0 Å². The average Bonchev–Trinajstić information content (AvgIpc) is 2.54. The maximum Gasteiger partial charge on any atom is 0.460 e. The Morgan fingerprint density at radius 1 is 0.828 bits per heavy atom. The largest absolute Gasteiger partial charge is 0.460 e. The Morgan fingerprint density at radius 2 is 1.28 bits per heavy atom. The molecule has 29 heavy (non-hydrogen) atoms. The zero-order chi connectivity index (χ0) is 23.4. The van der Waals surface area contributed by atoms with Gasteiger partial charge in [-0.15, -0.1) is 0 Å². The summed E-state index contributed by atoms with van der Waals surface area (Å²) < 4.78 is 125. The van der Waals surface area contributed by atoms with E-state index in [9.17, 15) is 49.1 Å². The lowest BCUT2D eigenvalue weighted by atomic mass is 9.98. The van der Waals surface area contributed by atoms with E-state index in [2.05, 4.69) is 22.6 Å². The standard InChI is InChI=1S/C16H17F9O4/c1-8(2)11(26)28-7-10(29-12(27)9(3)4)5-6-13(17,18)14(19,20)15(21,22)16(23,24)25/h10H,1,3,5-7H2,2,4H3. The Bertz CT molecular complexity index is 653. The van der Waals surface area contributed by atoms with Crippen LogP contribution in [-0.4, -0.2) is 48.6 Å². The molecule has 0 rings (SSSR count). The van der Waals surface area contributed by atoms with Gasteiger partial charge in [0.15, 0.2) is 0 Å². The normalized spacial score (nSPS) is 14.2. The Kier molecular flexibility index (Phi) is 8.38. The van der Waals surface area contributed by atoms with Crippen LogP contribution in [0, 0.1) is 0 Å². The van der Waals surface area contributed by atoms with Gasteiger partial charge in [0.1, 0.15) is 12.7 Å². The van der Waals surface area contributed by atoms with E-state index in [0.717, 1.165) is 6.92 Å². The van der Waals surface area contributed by atoms with Crippen LogP contribution in [0.5, 0.6) is 0 Å². The maximum absolute atomic E-state index is 13.6. The summed E-state index contributed by atoms with van der Waals surface area (Å²) in [6, 6.07) is 0. The van der Waals surface area contributed by atoms with Crippen molar-refractivity contribution in [3.63, 3.8) is 0 Å². The summed E-state index contributed by atoms with van der Waals surface area (Å²) in [6.45, 7) is 7.67. The van der Waals surface area contributed by atoms with Crippen LogP contribution < -0.4 is 0 Å². The second-order valence-electron chi connectivity index (χ2n) is 6.08. The predicted molar refractivity (Wildman–Crippen MR) is 80.6 cm³/mol. The number of hydrogen-bond donors (Lipinski definition) is 0. The summed E-state index contributed by atoms with van der Waals surface area (Å²) in [4.78, 5) is 22.8. The van der Waals surface area contributed by atoms with Gasteiger partial charge in [-0.05, 0) is 20.3 Å². The van der Waals surface area contributed by atoms with E-state index < -0.39 is 61.4 Å². The highest BCUT2D eigenvalue weighted by Crippen LogP contribution is 2.54. The number of ether oxygens (including phenoxy) is 2. The first-order valence-electron chi connectivity index (χ1n) is 7.67. The second-order valence-corrected chi connectivity index (χ2v) is 6.08. The van der Waals surface area contributed by atoms with Crippen LogP contribution in [0.1, 0.15) is 26.7 Å². The Hall–Kier alpha value is -2.21. The molecule has 0 aliphatic heterocycles. The van der Waals surface area contributed by atoms with Crippen molar-refractivity contribution in [3.05, 3.63) is 24.3 Å². The van der Waals surface area contributed by atoms with Crippen LogP contribution in [0.2, 0.25) is 0 Å². The van der Waals surface area contributed by atoms with Crippen LogP contribution in [0.3, 0.4) is 0 Å². The number of halogens is 9. The third kappa shape index (κ3) is 6.39. The Morgan fingerprint density at radius 3 is 1.66 bits per heavy atom. The molecule has 0 radical (unpaired) electrons. The van der Waals surface area contributed by atoms with Crippen LogP contribution in [-0.2, 0) is 19.1 Å². The van der Waals surface area contributed by atoms with Gasteiger partial charge in [-0.3, -0.25) is 0 Å². The second kappa shape index (κ2) is 9.08. The molecule has 0 spiro atoms. The molecule has 0 amide bonds. The summed E-state index contributed by atoms with van der Waals surface area (Å²) in [5.74, 6) is -22.0. The number of alkyl halides is 9. The van der Waals surface area contributed by atoms with Gasteiger partial charge >= 0.3 is 35.9 Å². The summed E-state index contributed by atoms with van der Waals surface area (Å²) in [7, 11) is 0. The van der Waals surface area contributed by atoms with E-state index in [4.69, 9.17) is 0 Å². The summed E-state index contributed by atoms with van der Waals surface area (Å²) in [5, 5.41) is 0. The lowest BCUT2D eigenvalue weighted by molar-refractivity contribution is -0.397. The number of rotatable bonds is 10. The molecule has 0 aromatic heterocycles. The van der Waals surface area contributed by atoms with Gasteiger partial charge < -0.3 is 9.47 Å². The fraction of sp³-hybridized carbons (Fsp3) is 0.625. The molecule has 0 fully saturated rings. The van der Waals surface area contributed by atoms with Crippen molar-refractivity contribution in [3.8, 4) is 0 Å². The van der Waals surface area contributed by atoms with Gasteiger partial charge in [-0.1, -0.05) is 13.2 Å². The lowest BCUT2D eigenvalue weighted by Crippen LogP contribution is -2.60. The maximum atomic E-state index is 13.6. The quantitative estimate of drug-likeness (QED) is 0.275. The minimum absolute atomic E-state index is 0.170. The number of esters is 2. The van der Waals surface area contributed by atoms with E-state index in [1.807, 2.05) is 0 Å². The average molecular weight is 444 g/mol. The third-order valence-electron chi connectivity index (χ3n) is 3.36. The van der Waals surface area contributed by atoms with E-state index in [0.29, 0.717) is 0 Å². The molecule has 0 aliphatic carbocycles. The predicted octanol–water partition coefficient (Wildman–Crippen LogP) is 4.84. The highest BCUT2D eigenvalue weighted by molar-refractivity contribution is 5.87. The molecule has 4 nitrogen and oxygen atoms in total. The van der Waals surface area contributed by atoms with Crippen LogP contribution in [0.4, 0.5) is 39.5 Å². The molecular formula is C16H17F9O4. The number of carbonyl (C=O) groups excluding carboxylic acids is 2. The molecule has 168 valence electrons. The smallest absolute Gasteiger partial charge is 0.458 e. The summed E-state index contributed by atoms with van der Waals surface area (Å²) >= 11 is 0. The minimum atomic E-state index is -7.03. The van der Waals surface area contributed by atoms with E-state index >= 15 is 0 Å². The van der Waals surface area contributed by atoms with Crippen molar-refractivity contribution in [1.29, 1.82) is 0 Å². The van der Waals surface area contributed by atoms with Gasteiger partial charge in [0.25, 0.3) is 0 Å². The molecule has 0 bridgehead atoms. The van der Waals surface area contributed by atoms with Crippen molar-refractivity contribution in [2.24, 2.45) is 0 Å².